The van der Waals surface area contributed by atoms with E-state index in [9.17, 15) is 14.7 Å². The number of nitrogens with zero attached hydrogens (tertiary/aromatic N) is 1. The van der Waals surface area contributed by atoms with Crippen molar-refractivity contribution >= 4 is 11.6 Å². The van der Waals surface area contributed by atoms with Gasteiger partial charge in [-0.25, -0.2) is 0 Å². The van der Waals surface area contributed by atoms with Crippen LogP contribution in [0.5, 0.6) is 0 Å². The average Bonchev–Trinajstić information content (AvgIpc) is 3.07. The molecule has 4 nitrogen and oxygen atoms in total. The first-order valence-corrected chi connectivity index (χ1v) is 22.6. The first-order chi connectivity index (χ1) is 24.0. The Hall–Kier alpha value is -0.740. The Balaban J connectivity index is 1.92. The fourth-order valence-corrected chi connectivity index (χ4v) is 8.18. The van der Waals surface area contributed by atoms with Crippen molar-refractivity contribution in [3.8, 4) is 0 Å². The van der Waals surface area contributed by atoms with Crippen LogP contribution in [-0.4, -0.2) is 53.4 Å². The van der Waals surface area contributed by atoms with Crippen LogP contribution in [0.15, 0.2) is 0 Å². The maximum absolute atomic E-state index is 12.5. The van der Waals surface area contributed by atoms with Crippen molar-refractivity contribution in [2.75, 3.05) is 26.2 Å². The van der Waals surface area contributed by atoms with Crippen LogP contribution < -0.4 is 0 Å². The molecule has 1 saturated heterocycles. The van der Waals surface area contributed by atoms with Gasteiger partial charge >= 0.3 is 0 Å². The molecule has 0 bridgehead atoms. The zero-order chi connectivity index (χ0) is 35.5. The lowest BCUT2D eigenvalue weighted by molar-refractivity contribution is -0.972. The van der Waals surface area contributed by atoms with Crippen molar-refractivity contribution in [2.24, 2.45) is 0 Å². The van der Waals surface area contributed by atoms with Crippen molar-refractivity contribution in [3.63, 3.8) is 0 Å². The summed E-state index contributed by atoms with van der Waals surface area (Å²) in [6.07, 6.45) is 45.2. The topological polar surface area (TPSA) is 54.4 Å². The Labute approximate surface area is 307 Å². The summed E-state index contributed by atoms with van der Waals surface area (Å²) in [6, 6.07) is 0. The molecule has 0 unspecified atom stereocenters. The Bertz CT molecular complexity index is 677. The molecule has 0 spiro atoms. The Morgan fingerprint density at radius 2 is 0.612 bits per heavy atom. The summed E-state index contributed by atoms with van der Waals surface area (Å²) < 4.78 is 0.916. The van der Waals surface area contributed by atoms with Crippen molar-refractivity contribution in [3.05, 3.63) is 0 Å². The highest BCUT2D eigenvalue weighted by Crippen LogP contribution is 2.24. The summed E-state index contributed by atoms with van der Waals surface area (Å²) in [4.78, 5) is 25.0. The molecule has 1 fully saturated rings. The smallest absolute Gasteiger partial charge is 0.152 e. The fourth-order valence-electron chi connectivity index (χ4n) is 8.18. The van der Waals surface area contributed by atoms with E-state index in [1.165, 1.54) is 180 Å². The molecule has 0 aliphatic carbocycles. The number of quaternary nitrogens is 1. The van der Waals surface area contributed by atoms with Gasteiger partial charge in [-0.2, -0.15) is 0 Å². The number of carbonyl (C=O) groups excluding carboxylic acids is 2. The molecule has 49 heavy (non-hydrogen) atoms. The van der Waals surface area contributed by atoms with Crippen LogP contribution in [0.1, 0.15) is 245 Å². The monoisotopic (exact) mass is 691 g/mol. The number of ketones is 2. The minimum absolute atomic E-state index is 0.202. The first-order valence-electron chi connectivity index (χ1n) is 22.6. The van der Waals surface area contributed by atoms with E-state index in [1.807, 2.05) is 0 Å². The van der Waals surface area contributed by atoms with E-state index in [0.717, 1.165) is 69.2 Å². The van der Waals surface area contributed by atoms with Gasteiger partial charge in [0.05, 0.1) is 13.1 Å². The normalized spacial score (nSPS) is 14.3. The van der Waals surface area contributed by atoms with Crippen LogP contribution in [0.3, 0.4) is 0 Å². The van der Waals surface area contributed by atoms with Crippen molar-refractivity contribution in [2.45, 2.75) is 251 Å². The van der Waals surface area contributed by atoms with Crippen molar-refractivity contribution < 1.29 is 19.2 Å². The van der Waals surface area contributed by atoms with Gasteiger partial charge in [0, 0.05) is 38.5 Å². The van der Waals surface area contributed by atoms with Gasteiger partial charge in [0.25, 0.3) is 0 Å². The molecule has 1 aliphatic rings. The minimum Gasteiger partial charge on any atom is -0.382 e. The van der Waals surface area contributed by atoms with Gasteiger partial charge in [-0.3, -0.25) is 9.59 Å². The predicted molar refractivity (Wildman–Crippen MR) is 213 cm³/mol. The summed E-state index contributed by atoms with van der Waals surface area (Å²) in [7, 11) is 0. The quantitative estimate of drug-likeness (QED) is 0.0514. The Morgan fingerprint density at radius 3 is 0.857 bits per heavy atom. The highest BCUT2D eigenvalue weighted by molar-refractivity contribution is 5.78. The number of likely N-dealkylation sites (tertiary alicyclic amines) is 1. The fraction of sp³-hybridized carbons (Fsp3) is 0.956. The van der Waals surface area contributed by atoms with Crippen molar-refractivity contribution in [1.29, 1.82) is 0 Å². The summed E-state index contributed by atoms with van der Waals surface area (Å²) in [6.45, 7) is 8.15. The van der Waals surface area contributed by atoms with E-state index in [4.69, 9.17) is 0 Å². The highest BCUT2D eigenvalue weighted by atomic mass is 16.3. The maximum atomic E-state index is 12.5. The molecule has 4 heteroatoms. The zero-order valence-electron chi connectivity index (χ0n) is 33.6. The molecule has 0 radical (unpaired) electrons. The van der Waals surface area contributed by atoms with E-state index >= 15 is 0 Å². The molecule has 1 rings (SSSR count). The van der Waals surface area contributed by atoms with Crippen LogP contribution >= 0.6 is 0 Å². The van der Waals surface area contributed by atoms with Gasteiger partial charge in [-0.1, -0.05) is 194 Å². The van der Waals surface area contributed by atoms with Crippen LogP contribution in [0.2, 0.25) is 0 Å². The molecular formula is C45H88NO3+. The number of aliphatic hydroxyl groups excluding tert-OH is 1. The van der Waals surface area contributed by atoms with Crippen LogP contribution in [0.25, 0.3) is 0 Å². The average molecular weight is 691 g/mol. The third kappa shape index (κ3) is 29.5. The molecule has 290 valence electrons. The number of carbonyl (C=O) groups is 2. The van der Waals surface area contributed by atoms with E-state index in [0.29, 0.717) is 24.4 Å². The lowest BCUT2D eigenvalue weighted by Crippen LogP contribution is -2.67. The van der Waals surface area contributed by atoms with Crippen LogP contribution in [-0.2, 0) is 9.59 Å². The van der Waals surface area contributed by atoms with Crippen LogP contribution in [0, 0.1) is 0 Å². The van der Waals surface area contributed by atoms with Gasteiger partial charge in [0.1, 0.15) is 24.7 Å². The van der Waals surface area contributed by atoms with Gasteiger partial charge in [0.15, 0.2) is 6.10 Å². The highest BCUT2D eigenvalue weighted by Gasteiger charge is 2.42. The second-order valence-corrected chi connectivity index (χ2v) is 16.5. The Morgan fingerprint density at radius 1 is 0.388 bits per heavy atom. The van der Waals surface area contributed by atoms with E-state index in [2.05, 4.69) is 13.8 Å². The number of hydrogen-bond acceptors (Lipinski definition) is 3. The second-order valence-electron chi connectivity index (χ2n) is 16.5. The molecule has 1 N–H and O–H groups in total. The number of Topliss-reactive ketones (excluding diaryl/α,β-unsaturated/α-hetero) is 2. The zero-order valence-corrected chi connectivity index (χ0v) is 33.6. The summed E-state index contributed by atoms with van der Waals surface area (Å²) in [5.41, 5.74) is 0. The number of unbranched alkanes of at least 4 members (excludes halogenated alkanes) is 28. The van der Waals surface area contributed by atoms with E-state index < -0.39 is 0 Å². The summed E-state index contributed by atoms with van der Waals surface area (Å²) in [5.74, 6) is 0.847. The van der Waals surface area contributed by atoms with Gasteiger partial charge in [0.2, 0.25) is 0 Å². The molecule has 0 saturated carbocycles. The SMILES string of the molecule is CCCCCCCCCCCCCCCCCC(=O)CCC[N+]1(CCCC(=O)CCCCCCCCCCCCCCCCC)CC(O)C1. The first kappa shape index (κ1) is 46.3. The summed E-state index contributed by atoms with van der Waals surface area (Å²) in [5, 5.41) is 10.1. The number of hydrogen-bond donors (Lipinski definition) is 1. The standard InChI is InChI=1S/C45H88NO3/c1-3-5-7-9-11-13-15-17-19-21-23-25-27-29-31-35-43(47)37-33-39-46(41-45(49)42-46)40-34-38-44(48)36-32-30-28-26-24-22-20-18-16-14-12-10-8-6-4-2/h45,49H,3-42H2,1-2H3/q+1. The lowest BCUT2D eigenvalue weighted by Gasteiger charge is -2.48. The lowest BCUT2D eigenvalue weighted by atomic mass is 10.00. The van der Waals surface area contributed by atoms with Gasteiger partial charge < -0.3 is 9.59 Å². The van der Waals surface area contributed by atoms with Gasteiger partial charge in [-0.15, -0.1) is 0 Å². The molecule has 0 atom stereocenters. The summed E-state index contributed by atoms with van der Waals surface area (Å²) >= 11 is 0. The Kier molecular flexibility index (Phi) is 32.4. The molecule has 0 aromatic heterocycles. The number of rotatable bonds is 40. The molecule has 0 aromatic carbocycles. The predicted octanol–water partition coefficient (Wildman–Crippen LogP) is 13.4. The van der Waals surface area contributed by atoms with Gasteiger partial charge in [-0.05, 0) is 12.8 Å². The third-order valence-corrected chi connectivity index (χ3v) is 11.5. The third-order valence-electron chi connectivity index (χ3n) is 11.5. The molecule has 0 amide bonds. The van der Waals surface area contributed by atoms with E-state index in [1.54, 1.807) is 0 Å². The largest absolute Gasteiger partial charge is 0.382 e. The minimum atomic E-state index is -0.202. The van der Waals surface area contributed by atoms with E-state index in [-0.39, 0.29) is 6.10 Å². The second kappa shape index (κ2) is 34.4. The molecule has 0 aromatic rings. The van der Waals surface area contributed by atoms with Crippen molar-refractivity contribution in [1.82, 2.24) is 0 Å². The maximum Gasteiger partial charge on any atom is 0.152 e. The molecule has 1 heterocycles. The molecule has 1 aliphatic heterocycles. The van der Waals surface area contributed by atoms with Crippen LogP contribution in [0.4, 0.5) is 0 Å². The number of aliphatic hydroxyl groups is 1. The molecular weight excluding hydrogens is 602 g/mol.